The van der Waals surface area contributed by atoms with E-state index in [1.807, 2.05) is 0 Å². The molecule has 7 heteroatoms. The Bertz CT molecular complexity index is 541. The van der Waals surface area contributed by atoms with Crippen molar-refractivity contribution >= 4 is 17.9 Å². The summed E-state index contributed by atoms with van der Waals surface area (Å²) in [5.41, 5.74) is 0.339. The van der Waals surface area contributed by atoms with Gasteiger partial charge in [-0.15, -0.1) is 0 Å². The number of hydrogen-bond donors (Lipinski definition) is 0. The predicted octanol–water partition coefficient (Wildman–Crippen LogP) is 2.44. The van der Waals surface area contributed by atoms with Crippen LogP contribution in [0.15, 0.2) is 12.1 Å². The zero-order valence-electron chi connectivity index (χ0n) is 12.0. The van der Waals surface area contributed by atoms with Crippen molar-refractivity contribution in [2.75, 3.05) is 13.2 Å². The minimum Gasteiger partial charge on any atom is -0.493 e. The fraction of sp³-hybridized carbons (Fsp3) is 0.429. The summed E-state index contributed by atoms with van der Waals surface area (Å²) in [7, 11) is 0. The molecule has 0 saturated heterocycles. The van der Waals surface area contributed by atoms with Gasteiger partial charge in [0.15, 0.2) is 6.29 Å². The van der Waals surface area contributed by atoms with Gasteiger partial charge in [-0.3, -0.25) is 19.7 Å². The van der Waals surface area contributed by atoms with Gasteiger partial charge in [0.2, 0.25) is 0 Å². The summed E-state index contributed by atoms with van der Waals surface area (Å²) in [5.74, 6) is 0.0243. The topological polar surface area (TPSA) is 95.7 Å². The van der Waals surface area contributed by atoms with Crippen molar-refractivity contribution in [1.82, 2.24) is 0 Å². The number of nitrogens with zero attached hydrogens (tertiary/aromatic N) is 1. The van der Waals surface area contributed by atoms with Crippen LogP contribution in [0.25, 0.3) is 0 Å². The van der Waals surface area contributed by atoms with Crippen molar-refractivity contribution in [3.05, 3.63) is 33.4 Å². The van der Waals surface area contributed by atoms with E-state index in [1.165, 1.54) is 12.1 Å². The third-order valence-electron chi connectivity index (χ3n) is 2.74. The number of esters is 1. The molecule has 1 aromatic rings. The molecule has 0 aromatic heterocycles. The standard InChI is InChI=1S/C14H17NO6/c1-3-20-14(17)5-4-6-21-13-8-12(15(18)19)11(9-16)7-10(13)2/h7-9H,3-6H2,1-2H3. The maximum atomic E-state index is 11.1. The molecule has 0 unspecified atom stereocenters. The van der Waals surface area contributed by atoms with Crippen LogP contribution < -0.4 is 4.74 Å². The van der Waals surface area contributed by atoms with Crippen LogP contribution in [0.2, 0.25) is 0 Å². The van der Waals surface area contributed by atoms with E-state index in [2.05, 4.69) is 0 Å². The van der Waals surface area contributed by atoms with Gasteiger partial charge in [0.1, 0.15) is 5.75 Å². The van der Waals surface area contributed by atoms with Gasteiger partial charge < -0.3 is 9.47 Å². The van der Waals surface area contributed by atoms with Crippen LogP contribution in [0, 0.1) is 17.0 Å². The maximum Gasteiger partial charge on any atom is 0.305 e. The Balaban J connectivity index is 2.67. The first-order valence-corrected chi connectivity index (χ1v) is 6.52. The van der Waals surface area contributed by atoms with Crippen molar-refractivity contribution < 1.29 is 24.0 Å². The van der Waals surface area contributed by atoms with E-state index in [0.29, 0.717) is 30.6 Å². The number of rotatable bonds is 8. The quantitative estimate of drug-likeness (QED) is 0.240. The van der Waals surface area contributed by atoms with E-state index in [-0.39, 0.29) is 30.2 Å². The summed E-state index contributed by atoms with van der Waals surface area (Å²) in [4.78, 5) is 32.2. The van der Waals surface area contributed by atoms with Crippen LogP contribution in [-0.4, -0.2) is 30.4 Å². The molecule has 7 nitrogen and oxygen atoms in total. The van der Waals surface area contributed by atoms with Gasteiger partial charge in [0, 0.05) is 6.42 Å². The molecule has 0 amide bonds. The van der Waals surface area contributed by atoms with Crippen LogP contribution in [0.4, 0.5) is 5.69 Å². The van der Waals surface area contributed by atoms with Gasteiger partial charge in [-0.25, -0.2) is 0 Å². The highest BCUT2D eigenvalue weighted by Crippen LogP contribution is 2.27. The lowest BCUT2D eigenvalue weighted by atomic mass is 10.1. The van der Waals surface area contributed by atoms with Gasteiger partial charge in [-0.1, -0.05) is 0 Å². The summed E-state index contributed by atoms with van der Waals surface area (Å²) in [6.07, 6.45) is 1.11. The van der Waals surface area contributed by atoms with Crippen LogP contribution >= 0.6 is 0 Å². The second kappa shape index (κ2) is 7.98. The smallest absolute Gasteiger partial charge is 0.305 e. The molecule has 1 aromatic carbocycles. The highest BCUT2D eigenvalue weighted by atomic mass is 16.6. The number of nitro benzene ring substituents is 1. The van der Waals surface area contributed by atoms with Crippen molar-refractivity contribution in [3.63, 3.8) is 0 Å². The zero-order valence-corrected chi connectivity index (χ0v) is 12.0. The van der Waals surface area contributed by atoms with E-state index >= 15 is 0 Å². The lowest BCUT2D eigenvalue weighted by molar-refractivity contribution is -0.385. The molecule has 0 fully saturated rings. The van der Waals surface area contributed by atoms with Crippen LogP contribution in [0.3, 0.4) is 0 Å². The van der Waals surface area contributed by atoms with Gasteiger partial charge in [0.05, 0.1) is 29.8 Å². The second-order valence-corrected chi connectivity index (χ2v) is 4.31. The third kappa shape index (κ3) is 4.87. The number of hydrogen-bond acceptors (Lipinski definition) is 6. The molecule has 0 radical (unpaired) electrons. The molecular formula is C14H17NO6. The number of aldehydes is 1. The Hall–Kier alpha value is -2.44. The minimum atomic E-state index is -0.630. The molecule has 0 aliphatic heterocycles. The first-order valence-electron chi connectivity index (χ1n) is 6.52. The Labute approximate surface area is 122 Å². The number of aryl methyl sites for hydroxylation is 1. The van der Waals surface area contributed by atoms with Crippen LogP contribution in [-0.2, 0) is 9.53 Å². The number of benzene rings is 1. The van der Waals surface area contributed by atoms with Crippen LogP contribution in [0.1, 0.15) is 35.7 Å². The molecule has 21 heavy (non-hydrogen) atoms. The largest absolute Gasteiger partial charge is 0.493 e. The van der Waals surface area contributed by atoms with Crippen molar-refractivity contribution in [2.24, 2.45) is 0 Å². The summed E-state index contributed by atoms with van der Waals surface area (Å²) in [5, 5.41) is 10.9. The summed E-state index contributed by atoms with van der Waals surface area (Å²) in [6, 6.07) is 2.63. The number of carbonyl (C=O) groups is 2. The van der Waals surface area contributed by atoms with Gasteiger partial charge >= 0.3 is 5.97 Å². The molecule has 0 bridgehead atoms. The summed E-state index contributed by atoms with van der Waals surface area (Å²) >= 11 is 0. The lowest BCUT2D eigenvalue weighted by Gasteiger charge is -2.09. The van der Waals surface area contributed by atoms with Crippen molar-refractivity contribution in [1.29, 1.82) is 0 Å². The zero-order chi connectivity index (χ0) is 15.8. The van der Waals surface area contributed by atoms with Crippen molar-refractivity contribution in [3.8, 4) is 5.75 Å². The van der Waals surface area contributed by atoms with Gasteiger partial charge in [0.25, 0.3) is 5.69 Å². The maximum absolute atomic E-state index is 11.1. The molecule has 114 valence electrons. The Morgan fingerprint density at radius 3 is 2.71 bits per heavy atom. The van der Waals surface area contributed by atoms with E-state index in [0.717, 1.165) is 0 Å². The summed E-state index contributed by atoms with van der Waals surface area (Å²) < 4.78 is 10.2. The first kappa shape index (κ1) is 16.6. The Morgan fingerprint density at radius 2 is 2.14 bits per heavy atom. The molecule has 0 saturated carbocycles. The normalized spacial score (nSPS) is 10.0. The van der Waals surface area contributed by atoms with Gasteiger partial charge in [-0.2, -0.15) is 0 Å². The van der Waals surface area contributed by atoms with E-state index in [4.69, 9.17) is 9.47 Å². The highest BCUT2D eigenvalue weighted by molar-refractivity contribution is 5.82. The Morgan fingerprint density at radius 1 is 1.43 bits per heavy atom. The molecule has 0 N–H and O–H groups in total. The molecule has 0 heterocycles. The summed E-state index contributed by atoms with van der Waals surface area (Å²) in [6.45, 7) is 3.98. The first-order chi connectivity index (χ1) is 9.99. The second-order valence-electron chi connectivity index (χ2n) is 4.31. The van der Waals surface area contributed by atoms with Crippen molar-refractivity contribution in [2.45, 2.75) is 26.7 Å². The monoisotopic (exact) mass is 295 g/mol. The minimum absolute atomic E-state index is 0.0105. The number of nitro groups is 1. The number of carbonyl (C=O) groups excluding carboxylic acids is 2. The highest BCUT2D eigenvalue weighted by Gasteiger charge is 2.17. The van der Waals surface area contributed by atoms with Crippen LogP contribution in [0.5, 0.6) is 5.75 Å². The average Bonchev–Trinajstić information content (AvgIpc) is 2.44. The van der Waals surface area contributed by atoms with E-state index in [1.54, 1.807) is 13.8 Å². The lowest BCUT2D eigenvalue weighted by Crippen LogP contribution is -2.07. The Kier molecular flexibility index (Phi) is 6.32. The third-order valence-corrected chi connectivity index (χ3v) is 2.74. The average molecular weight is 295 g/mol. The number of ether oxygens (including phenoxy) is 2. The SMILES string of the molecule is CCOC(=O)CCCOc1cc([N+](=O)[O-])c(C=O)cc1C. The van der Waals surface area contributed by atoms with Gasteiger partial charge in [-0.05, 0) is 31.9 Å². The fourth-order valence-corrected chi connectivity index (χ4v) is 1.74. The molecule has 1 rings (SSSR count). The molecule has 0 atom stereocenters. The fourth-order valence-electron chi connectivity index (χ4n) is 1.74. The molecule has 0 aliphatic rings. The molecule has 0 aliphatic carbocycles. The molecule has 0 spiro atoms. The van der Waals surface area contributed by atoms with E-state index < -0.39 is 4.92 Å². The van der Waals surface area contributed by atoms with E-state index in [9.17, 15) is 19.7 Å². The molecular weight excluding hydrogens is 278 g/mol. The predicted molar refractivity (Wildman–Crippen MR) is 74.6 cm³/mol.